The fourth-order valence-electron chi connectivity index (χ4n) is 4.07. The number of nitrogens with zero attached hydrogens (tertiary/aromatic N) is 3. The van der Waals surface area contributed by atoms with Gasteiger partial charge in [0.2, 0.25) is 10.0 Å². The second-order valence-electron chi connectivity index (χ2n) is 8.77. The number of allylic oxidation sites excluding steroid dienone is 1. The van der Waals surface area contributed by atoms with Crippen LogP contribution in [0, 0.1) is 13.8 Å². The van der Waals surface area contributed by atoms with Crippen molar-refractivity contribution in [3.8, 4) is 0 Å². The Morgan fingerprint density at radius 3 is 2.29 bits per heavy atom. The molecular weight excluding hydrogens is 478 g/mol. The SMILES string of the molecule is C=CCn1c(=NC(=O)c2ccc(S(=O)(=O)N(CCCC)CCCC)cc2)sc2cc(C)cc(C)c21. The van der Waals surface area contributed by atoms with Crippen molar-refractivity contribution in [1.82, 2.24) is 8.87 Å². The van der Waals surface area contributed by atoms with Gasteiger partial charge in [-0.1, -0.05) is 50.2 Å². The minimum atomic E-state index is -3.61. The molecule has 1 heterocycles. The summed E-state index contributed by atoms with van der Waals surface area (Å²) in [5, 5.41) is 0. The lowest BCUT2D eigenvalue weighted by Crippen LogP contribution is -2.33. The number of carbonyl (C=O) groups excluding carboxylic acids is 1. The Hall–Kier alpha value is -2.55. The van der Waals surface area contributed by atoms with Gasteiger partial charge in [0.15, 0.2) is 4.80 Å². The van der Waals surface area contributed by atoms with E-state index in [0.29, 0.717) is 30.0 Å². The van der Waals surface area contributed by atoms with Crippen molar-refractivity contribution >= 4 is 37.5 Å². The molecule has 0 saturated heterocycles. The average Bonchev–Trinajstić information content (AvgIpc) is 3.16. The van der Waals surface area contributed by atoms with E-state index >= 15 is 0 Å². The lowest BCUT2D eigenvalue weighted by atomic mass is 10.1. The summed E-state index contributed by atoms with van der Waals surface area (Å²) in [6.07, 6.45) is 5.28. The number of carbonyl (C=O) groups is 1. The third kappa shape index (κ3) is 6.18. The van der Waals surface area contributed by atoms with Crippen LogP contribution in [-0.2, 0) is 16.6 Å². The summed E-state index contributed by atoms with van der Waals surface area (Å²) in [4.78, 5) is 18.2. The van der Waals surface area contributed by atoms with E-state index in [9.17, 15) is 13.2 Å². The number of fused-ring (bicyclic) bond motifs is 1. The molecule has 0 aliphatic rings. The van der Waals surface area contributed by atoms with Gasteiger partial charge >= 0.3 is 0 Å². The molecular formula is C27H35N3O3S2. The topological polar surface area (TPSA) is 71.7 Å². The Bertz CT molecular complexity index is 1360. The van der Waals surface area contributed by atoms with Gasteiger partial charge in [-0.25, -0.2) is 8.42 Å². The van der Waals surface area contributed by atoms with E-state index in [2.05, 4.69) is 30.6 Å². The summed E-state index contributed by atoms with van der Waals surface area (Å²) in [5.74, 6) is -0.401. The van der Waals surface area contributed by atoms with E-state index in [4.69, 9.17) is 0 Å². The molecule has 1 aromatic heterocycles. The van der Waals surface area contributed by atoms with Crippen molar-refractivity contribution in [2.75, 3.05) is 13.1 Å². The number of benzene rings is 2. The Morgan fingerprint density at radius 1 is 1.09 bits per heavy atom. The fourth-order valence-corrected chi connectivity index (χ4v) is 6.80. The summed E-state index contributed by atoms with van der Waals surface area (Å²) >= 11 is 1.47. The predicted octanol–water partition coefficient (Wildman–Crippen LogP) is 5.84. The van der Waals surface area contributed by atoms with Crippen LogP contribution in [0.25, 0.3) is 10.2 Å². The fraction of sp³-hybridized carbons (Fsp3) is 0.407. The first-order valence-electron chi connectivity index (χ1n) is 12.1. The molecule has 0 fully saturated rings. The number of thiazole rings is 1. The van der Waals surface area contributed by atoms with Gasteiger partial charge in [-0.05, 0) is 68.1 Å². The van der Waals surface area contributed by atoms with Crippen LogP contribution in [0.15, 0.2) is 58.9 Å². The molecule has 35 heavy (non-hydrogen) atoms. The van der Waals surface area contributed by atoms with Crippen LogP contribution in [0.4, 0.5) is 0 Å². The molecule has 3 rings (SSSR count). The Labute approximate surface area is 212 Å². The predicted molar refractivity (Wildman–Crippen MR) is 144 cm³/mol. The summed E-state index contributed by atoms with van der Waals surface area (Å²) in [6, 6.07) is 10.3. The normalized spacial score (nSPS) is 12.5. The molecule has 6 nitrogen and oxygen atoms in total. The van der Waals surface area contributed by atoms with E-state index in [0.717, 1.165) is 47.0 Å². The number of aromatic nitrogens is 1. The molecule has 0 bridgehead atoms. The molecule has 0 unspecified atom stereocenters. The largest absolute Gasteiger partial charge is 0.312 e. The van der Waals surface area contributed by atoms with Crippen LogP contribution in [0.2, 0.25) is 0 Å². The second-order valence-corrected chi connectivity index (χ2v) is 11.7. The zero-order valence-electron chi connectivity index (χ0n) is 21.1. The number of rotatable bonds is 11. The molecule has 2 aromatic carbocycles. The van der Waals surface area contributed by atoms with E-state index in [1.165, 1.54) is 23.5 Å². The van der Waals surface area contributed by atoms with Crippen molar-refractivity contribution in [3.05, 3.63) is 70.5 Å². The van der Waals surface area contributed by atoms with Gasteiger partial charge in [0.1, 0.15) is 0 Å². The summed E-state index contributed by atoms with van der Waals surface area (Å²) in [5.41, 5.74) is 3.68. The van der Waals surface area contributed by atoms with Crippen molar-refractivity contribution in [2.24, 2.45) is 4.99 Å². The quantitative estimate of drug-likeness (QED) is 0.303. The summed E-state index contributed by atoms with van der Waals surface area (Å²) in [7, 11) is -3.61. The first-order chi connectivity index (χ1) is 16.7. The number of unbranched alkanes of at least 4 members (excludes halogenated alkanes) is 2. The van der Waals surface area contributed by atoms with Crippen molar-refractivity contribution in [1.29, 1.82) is 0 Å². The van der Waals surface area contributed by atoms with Gasteiger partial charge in [-0.3, -0.25) is 4.79 Å². The van der Waals surface area contributed by atoms with Crippen LogP contribution in [0.1, 0.15) is 61.0 Å². The smallest absolute Gasteiger partial charge is 0.279 e. The van der Waals surface area contributed by atoms with Gasteiger partial charge in [-0.15, -0.1) is 6.58 Å². The van der Waals surface area contributed by atoms with Crippen LogP contribution >= 0.6 is 11.3 Å². The standard InChI is InChI=1S/C27H35N3O3S2/c1-6-9-16-29(17-10-7-2)35(32,33)23-13-11-22(12-14-23)26(31)28-27-30(15-8-3)25-21(5)18-20(4)19-24(25)34-27/h8,11-14,18-19H,3,6-7,9-10,15-17H2,1-2,4-5H3. The maximum Gasteiger partial charge on any atom is 0.279 e. The lowest BCUT2D eigenvalue weighted by Gasteiger charge is -2.22. The minimum absolute atomic E-state index is 0.205. The molecule has 0 radical (unpaired) electrons. The highest BCUT2D eigenvalue weighted by Crippen LogP contribution is 2.24. The minimum Gasteiger partial charge on any atom is -0.312 e. The molecule has 0 spiro atoms. The Morgan fingerprint density at radius 2 is 1.71 bits per heavy atom. The summed E-state index contributed by atoms with van der Waals surface area (Å²) < 4.78 is 31.0. The maximum absolute atomic E-state index is 13.2. The van der Waals surface area contributed by atoms with Gasteiger partial charge in [0.25, 0.3) is 5.91 Å². The molecule has 0 atom stereocenters. The van der Waals surface area contributed by atoms with E-state index < -0.39 is 15.9 Å². The number of hydrogen-bond acceptors (Lipinski definition) is 4. The van der Waals surface area contributed by atoms with Gasteiger partial charge in [-0.2, -0.15) is 9.30 Å². The third-order valence-electron chi connectivity index (χ3n) is 5.88. The Kier molecular flexibility index (Phi) is 9.21. The highest BCUT2D eigenvalue weighted by molar-refractivity contribution is 7.89. The first-order valence-corrected chi connectivity index (χ1v) is 14.4. The Balaban J connectivity index is 1.94. The molecule has 188 valence electrons. The first kappa shape index (κ1) is 27.0. The van der Waals surface area contributed by atoms with Gasteiger partial charge < -0.3 is 4.57 Å². The zero-order chi connectivity index (χ0) is 25.6. The monoisotopic (exact) mass is 513 g/mol. The molecule has 0 N–H and O–H groups in total. The number of hydrogen-bond donors (Lipinski definition) is 0. The van der Waals surface area contributed by atoms with Crippen molar-refractivity contribution in [2.45, 2.75) is 64.8 Å². The molecule has 0 aliphatic heterocycles. The molecule has 3 aromatic rings. The van der Waals surface area contributed by atoms with Crippen molar-refractivity contribution in [3.63, 3.8) is 0 Å². The number of amides is 1. The van der Waals surface area contributed by atoms with Crippen LogP contribution in [-0.4, -0.2) is 36.3 Å². The molecule has 0 saturated carbocycles. The van der Waals surface area contributed by atoms with Gasteiger partial charge in [0.05, 0.1) is 15.1 Å². The third-order valence-corrected chi connectivity index (χ3v) is 8.82. The highest BCUT2D eigenvalue weighted by atomic mass is 32.2. The average molecular weight is 514 g/mol. The van der Waals surface area contributed by atoms with E-state index in [-0.39, 0.29) is 4.90 Å². The molecule has 8 heteroatoms. The van der Waals surface area contributed by atoms with E-state index in [1.807, 2.05) is 25.3 Å². The summed E-state index contributed by atoms with van der Waals surface area (Å²) in [6.45, 7) is 13.6. The second kappa shape index (κ2) is 11.9. The zero-order valence-corrected chi connectivity index (χ0v) is 22.7. The molecule has 1 amide bonds. The maximum atomic E-state index is 13.2. The number of sulfonamides is 1. The van der Waals surface area contributed by atoms with Crippen molar-refractivity contribution < 1.29 is 13.2 Å². The van der Waals surface area contributed by atoms with Gasteiger partial charge in [0, 0.05) is 25.2 Å². The van der Waals surface area contributed by atoms with Crippen LogP contribution in [0.3, 0.4) is 0 Å². The lowest BCUT2D eigenvalue weighted by molar-refractivity contribution is 0.0997. The number of aryl methyl sites for hydroxylation is 2. The van der Waals surface area contributed by atoms with Crippen LogP contribution in [0.5, 0.6) is 0 Å². The highest BCUT2D eigenvalue weighted by Gasteiger charge is 2.23. The van der Waals surface area contributed by atoms with E-state index in [1.54, 1.807) is 22.5 Å². The molecule has 0 aliphatic carbocycles. The van der Waals surface area contributed by atoms with Crippen LogP contribution < -0.4 is 4.80 Å².